The van der Waals surface area contributed by atoms with E-state index in [-0.39, 0.29) is 11.9 Å². The summed E-state index contributed by atoms with van der Waals surface area (Å²) in [7, 11) is 1.79. The Morgan fingerprint density at radius 1 is 1.24 bits per heavy atom. The molecular weight excluding hydrogens is 350 g/mol. The molecule has 2 aromatic rings. The van der Waals surface area contributed by atoms with E-state index in [4.69, 9.17) is 11.6 Å². The SMILES string of the molecule is Cc1ccc(C(=O)N(C)C(C)c2ccccc2Cl)c(Br)c1. The van der Waals surface area contributed by atoms with Gasteiger partial charge in [0.25, 0.3) is 5.91 Å². The van der Waals surface area contributed by atoms with E-state index in [0.717, 1.165) is 15.6 Å². The Morgan fingerprint density at radius 2 is 1.90 bits per heavy atom. The van der Waals surface area contributed by atoms with Crippen LogP contribution >= 0.6 is 27.5 Å². The monoisotopic (exact) mass is 365 g/mol. The summed E-state index contributed by atoms with van der Waals surface area (Å²) < 4.78 is 0.811. The minimum Gasteiger partial charge on any atom is -0.335 e. The van der Waals surface area contributed by atoms with Gasteiger partial charge in [-0.05, 0) is 59.1 Å². The summed E-state index contributed by atoms with van der Waals surface area (Å²) in [5.74, 6) is -0.0331. The molecule has 0 saturated heterocycles. The maximum absolute atomic E-state index is 12.7. The molecule has 0 heterocycles. The van der Waals surface area contributed by atoms with Gasteiger partial charge in [0.2, 0.25) is 0 Å². The average Bonchev–Trinajstić information content (AvgIpc) is 2.45. The highest BCUT2D eigenvalue weighted by Gasteiger charge is 2.22. The number of aryl methyl sites for hydroxylation is 1. The summed E-state index contributed by atoms with van der Waals surface area (Å²) in [6.07, 6.45) is 0. The molecule has 1 amide bonds. The summed E-state index contributed by atoms with van der Waals surface area (Å²) in [6, 6.07) is 13.2. The molecule has 0 bridgehead atoms. The fraction of sp³-hybridized carbons (Fsp3) is 0.235. The van der Waals surface area contributed by atoms with Gasteiger partial charge in [-0.3, -0.25) is 4.79 Å². The van der Waals surface area contributed by atoms with E-state index in [1.54, 1.807) is 11.9 Å². The van der Waals surface area contributed by atoms with Crippen molar-refractivity contribution in [3.05, 3.63) is 68.7 Å². The zero-order valence-corrected chi connectivity index (χ0v) is 14.6. The first-order valence-electron chi connectivity index (χ1n) is 6.69. The Balaban J connectivity index is 2.29. The molecule has 0 fully saturated rings. The van der Waals surface area contributed by atoms with E-state index in [9.17, 15) is 4.79 Å². The van der Waals surface area contributed by atoms with E-state index in [0.29, 0.717) is 10.6 Å². The summed E-state index contributed by atoms with van der Waals surface area (Å²) in [6.45, 7) is 3.97. The number of halogens is 2. The van der Waals surface area contributed by atoms with Crippen LogP contribution in [-0.4, -0.2) is 17.9 Å². The van der Waals surface area contributed by atoms with Crippen LogP contribution in [0.3, 0.4) is 0 Å². The van der Waals surface area contributed by atoms with Gasteiger partial charge >= 0.3 is 0 Å². The van der Waals surface area contributed by atoms with Crippen molar-refractivity contribution in [2.75, 3.05) is 7.05 Å². The molecule has 2 rings (SSSR count). The van der Waals surface area contributed by atoms with Crippen LogP contribution < -0.4 is 0 Å². The standard InChI is InChI=1S/C17H17BrClNO/c1-11-8-9-14(15(18)10-11)17(21)20(3)12(2)13-6-4-5-7-16(13)19/h4-10,12H,1-3H3. The number of nitrogens with zero attached hydrogens (tertiary/aromatic N) is 1. The lowest BCUT2D eigenvalue weighted by atomic mass is 10.1. The number of hydrogen-bond acceptors (Lipinski definition) is 1. The molecule has 0 aliphatic rings. The van der Waals surface area contributed by atoms with Gasteiger partial charge in [0.1, 0.15) is 0 Å². The van der Waals surface area contributed by atoms with Gasteiger partial charge in [-0.25, -0.2) is 0 Å². The summed E-state index contributed by atoms with van der Waals surface area (Å²) in [5.41, 5.74) is 2.71. The number of carbonyl (C=O) groups is 1. The topological polar surface area (TPSA) is 20.3 Å². The number of benzene rings is 2. The van der Waals surface area contributed by atoms with Crippen molar-refractivity contribution in [1.82, 2.24) is 4.90 Å². The molecule has 0 spiro atoms. The Labute approximate surface area is 138 Å². The number of amides is 1. The second kappa shape index (κ2) is 6.63. The highest BCUT2D eigenvalue weighted by atomic mass is 79.9. The molecule has 0 aliphatic carbocycles. The Morgan fingerprint density at radius 3 is 2.52 bits per heavy atom. The second-order valence-electron chi connectivity index (χ2n) is 5.10. The van der Waals surface area contributed by atoms with E-state index < -0.39 is 0 Å². The van der Waals surface area contributed by atoms with Crippen LogP contribution in [-0.2, 0) is 0 Å². The largest absolute Gasteiger partial charge is 0.335 e. The lowest BCUT2D eigenvalue weighted by Gasteiger charge is -2.26. The molecule has 4 heteroatoms. The van der Waals surface area contributed by atoms with E-state index in [1.165, 1.54) is 0 Å². The molecule has 0 aromatic heterocycles. The third-order valence-corrected chi connectivity index (χ3v) is 4.61. The van der Waals surface area contributed by atoms with E-state index in [1.807, 2.05) is 56.3 Å². The average molecular weight is 367 g/mol. The summed E-state index contributed by atoms with van der Waals surface area (Å²) >= 11 is 9.68. The van der Waals surface area contributed by atoms with Crippen molar-refractivity contribution >= 4 is 33.4 Å². The lowest BCUT2D eigenvalue weighted by Crippen LogP contribution is -2.30. The Kier molecular flexibility index (Phi) is 5.07. The van der Waals surface area contributed by atoms with Gasteiger partial charge < -0.3 is 4.90 Å². The van der Waals surface area contributed by atoms with Crippen LogP contribution in [0.5, 0.6) is 0 Å². The van der Waals surface area contributed by atoms with Crippen LogP contribution in [0.25, 0.3) is 0 Å². The highest BCUT2D eigenvalue weighted by Crippen LogP contribution is 2.28. The summed E-state index contributed by atoms with van der Waals surface area (Å²) in [5, 5.41) is 0.674. The maximum Gasteiger partial charge on any atom is 0.255 e. The van der Waals surface area contributed by atoms with Crippen LogP contribution in [0, 0.1) is 6.92 Å². The first-order valence-corrected chi connectivity index (χ1v) is 7.86. The van der Waals surface area contributed by atoms with Crippen molar-refractivity contribution in [1.29, 1.82) is 0 Å². The smallest absolute Gasteiger partial charge is 0.255 e. The van der Waals surface area contributed by atoms with Gasteiger partial charge in [-0.2, -0.15) is 0 Å². The van der Waals surface area contributed by atoms with Crippen molar-refractivity contribution in [3.63, 3.8) is 0 Å². The molecule has 0 radical (unpaired) electrons. The van der Waals surface area contributed by atoms with Crippen molar-refractivity contribution in [3.8, 4) is 0 Å². The number of carbonyl (C=O) groups excluding carboxylic acids is 1. The quantitative estimate of drug-likeness (QED) is 0.727. The minimum absolute atomic E-state index is 0.0331. The third-order valence-electron chi connectivity index (χ3n) is 3.61. The maximum atomic E-state index is 12.7. The zero-order valence-electron chi connectivity index (χ0n) is 12.2. The molecule has 2 aromatic carbocycles. The van der Waals surface area contributed by atoms with Gasteiger partial charge in [-0.15, -0.1) is 0 Å². The molecular formula is C17H17BrClNO. The molecule has 21 heavy (non-hydrogen) atoms. The molecule has 0 saturated carbocycles. The normalized spacial score (nSPS) is 12.0. The van der Waals surface area contributed by atoms with E-state index >= 15 is 0 Å². The van der Waals surface area contributed by atoms with Crippen LogP contribution in [0.15, 0.2) is 46.9 Å². The third kappa shape index (κ3) is 3.47. The first kappa shape index (κ1) is 16.1. The molecule has 0 aliphatic heterocycles. The fourth-order valence-corrected chi connectivity index (χ4v) is 3.14. The van der Waals surface area contributed by atoms with Gasteiger partial charge in [-0.1, -0.05) is 35.9 Å². The van der Waals surface area contributed by atoms with Crippen molar-refractivity contribution < 1.29 is 4.79 Å². The zero-order chi connectivity index (χ0) is 15.6. The van der Waals surface area contributed by atoms with E-state index in [2.05, 4.69) is 15.9 Å². The van der Waals surface area contributed by atoms with Gasteiger partial charge in [0, 0.05) is 16.5 Å². The van der Waals surface area contributed by atoms with Crippen LogP contribution in [0.2, 0.25) is 5.02 Å². The summed E-state index contributed by atoms with van der Waals surface area (Å²) in [4.78, 5) is 14.4. The molecule has 1 unspecified atom stereocenters. The highest BCUT2D eigenvalue weighted by molar-refractivity contribution is 9.10. The van der Waals surface area contributed by atoms with Crippen LogP contribution in [0.4, 0.5) is 0 Å². The molecule has 2 nitrogen and oxygen atoms in total. The Hall–Kier alpha value is -1.32. The number of hydrogen-bond donors (Lipinski definition) is 0. The molecule has 110 valence electrons. The van der Waals surface area contributed by atoms with Crippen molar-refractivity contribution in [2.24, 2.45) is 0 Å². The van der Waals surface area contributed by atoms with Gasteiger partial charge in [0.15, 0.2) is 0 Å². The predicted octanol–water partition coefficient (Wildman–Crippen LogP) is 5.24. The van der Waals surface area contributed by atoms with Crippen LogP contribution in [0.1, 0.15) is 34.5 Å². The Bertz CT molecular complexity index is 672. The minimum atomic E-state index is -0.0978. The lowest BCUT2D eigenvalue weighted by molar-refractivity contribution is 0.0742. The first-order chi connectivity index (χ1) is 9.91. The number of rotatable bonds is 3. The van der Waals surface area contributed by atoms with Gasteiger partial charge in [0.05, 0.1) is 11.6 Å². The second-order valence-corrected chi connectivity index (χ2v) is 6.36. The fourth-order valence-electron chi connectivity index (χ4n) is 2.18. The molecule has 0 N–H and O–H groups in total. The molecule has 1 atom stereocenters. The predicted molar refractivity (Wildman–Crippen MR) is 90.8 cm³/mol. The van der Waals surface area contributed by atoms with Crippen molar-refractivity contribution in [2.45, 2.75) is 19.9 Å².